The lowest BCUT2D eigenvalue weighted by Crippen LogP contribution is -2.32. The molecular formula is C21H28F3N3O3. The zero-order valence-electron chi connectivity index (χ0n) is 17.2. The van der Waals surface area contributed by atoms with Gasteiger partial charge in [-0.25, -0.2) is 4.98 Å². The third-order valence-electron chi connectivity index (χ3n) is 4.07. The lowest BCUT2D eigenvalue weighted by Gasteiger charge is -2.15. The van der Waals surface area contributed by atoms with Gasteiger partial charge in [0.15, 0.2) is 6.61 Å². The molecule has 1 fully saturated rings. The molecular weight excluding hydrogens is 399 g/mol. The van der Waals surface area contributed by atoms with Crippen molar-refractivity contribution in [2.45, 2.75) is 39.5 Å². The second-order valence-corrected chi connectivity index (χ2v) is 6.11. The van der Waals surface area contributed by atoms with Crippen LogP contribution < -0.4 is 10.5 Å². The predicted molar refractivity (Wildman–Crippen MR) is 109 cm³/mol. The van der Waals surface area contributed by atoms with Crippen LogP contribution in [-0.2, 0) is 17.6 Å². The van der Waals surface area contributed by atoms with Crippen LogP contribution in [0.5, 0.6) is 5.75 Å². The fourth-order valence-electron chi connectivity index (χ4n) is 2.55. The fraction of sp³-hybridized carbons (Fsp3) is 0.429. The molecule has 1 aliphatic heterocycles. The van der Waals surface area contributed by atoms with Crippen molar-refractivity contribution in [2.24, 2.45) is 0 Å². The number of halogens is 3. The molecule has 2 aromatic rings. The van der Waals surface area contributed by atoms with Gasteiger partial charge in [0.1, 0.15) is 11.6 Å². The number of pyridine rings is 1. The zero-order chi connectivity index (χ0) is 22.6. The van der Waals surface area contributed by atoms with Crippen molar-refractivity contribution >= 4 is 11.7 Å². The standard InChI is InChI=1S/C13H17NO3.C6H5F3N2.C2H6/c15-9-11-3-5-12(6-4-11)17-10-13(16)14-7-1-2-8-14;7-6(8,9)4-2-1-3-11-5(4)10;1-2/h3-6,15H,1-2,7-10H2;1-3H,(H2,10,11);1-2H3. The van der Waals surface area contributed by atoms with E-state index in [2.05, 4.69) is 4.98 Å². The number of hydrogen-bond donors (Lipinski definition) is 2. The van der Waals surface area contributed by atoms with Crippen molar-refractivity contribution < 1.29 is 27.8 Å². The zero-order valence-corrected chi connectivity index (χ0v) is 17.2. The van der Waals surface area contributed by atoms with Gasteiger partial charge in [-0.1, -0.05) is 26.0 Å². The number of aliphatic hydroxyl groups is 1. The van der Waals surface area contributed by atoms with Gasteiger partial charge in [-0.05, 0) is 42.7 Å². The van der Waals surface area contributed by atoms with E-state index in [9.17, 15) is 18.0 Å². The molecule has 0 radical (unpaired) electrons. The number of aliphatic hydroxyl groups excluding tert-OH is 1. The molecule has 30 heavy (non-hydrogen) atoms. The Balaban J connectivity index is 0.000000300. The fourth-order valence-corrected chi connectivity index (χ4v) is 2.55. The second-order valence-electron chi connectivity index (χ2n) is 6.11. The minimum absolute atomic E-state index is 0.0208. The van der Waals surface area contributed by atoms with E-state index in [0.717, 1.165) is 37.6 Å². The molecule has 1 aromatic heterocycles. The highest BCUT2D eigenvalue weighted by atomic mass is 19.4. The summed E-state index contributed by atoms with van der Waals surface area (Å²) in [4.78, 5) is 16.8. The summed E-state index contributed by atoms with van der Waals surface area (Å²) < 4.78 is 41.2. The van der Waals surface area contributed by atoms with Gasteiger partial charge >= 0.3 is 6.18 Å². The van der Waals surface area contributed by atoms with Gasteiger partial charge in [0.05, 0.1) is 12.2 Å². The van der Waals surface area contributed by atoms with Gasteiger partial charge in [0.2, 0.25) is 0 Å². The molecule has 0 unspecified atom stereocenters. The van der Waals surface area contributed by atoms with E-state index in [1.165, 1.54) is 12.3 Å². The van der Waals surface area contributed by atoms with Crippen molar-refractivity contribution in [2.75, 3.05) is 25.4 Å². The monoisotopic (exact) mass is 427 g/mol. The molecule has 166 valence electrons. The summed E-state index contributed by atoms with van der Waals surface area (Å²) in [6, 6.07) is 9.19. The van der Waals surface area contributed by atoms with Crippen LogP contribution in [0, 0.1) is 0 Å². The normalized spacial score (nSPS) is 12.9. The minimum atomic E-state index is -4.40. The summed E-state index contributed by atoms with van der Waals surface area (Å²) in [6.07, 6.45) is -1.00. The molecule has 1 saturated heterocycles. The summed E-state index contributed by atoms with van der Waals surface area (Å²) in [5, 5.41) is 8.89. The van der Waals surface area contributed by atoms with E-state index in [4.69, 9.17) is 15.6 Å². The Morgan fingerprint density at radius 3 is 2.23 bits per heavy atom. The van der Waals surface area contributed by atoms with Crippen LogP contribution in [0.4, 0.5) is 19.0 Å². The van der Waals surface area contributed by atoms with Gasteiger partial charge < -0.3 is 20.5 Å². The molecule has 9 heteroatoms. The first kappa shape index (κ1) is 25.2. The highest BCUT2D eigenvalue weighted by molar-refractivity contribution is 5.78. The van der Waals surface area contributed by atoms with E-state index < -0.39 is 17.6 Å². The van der Waals surface area contributed by atoms with E-state index in [1.807, 2.05) is 18.7 Å². The molecule has 0 aliphatic carbocycles. The van der Waals surface area contributed by atoms with E-state index in [0.29, 0.717) is 5.75 Å². The molecule has 3 N–H and O–H groups in total. The van der Waals surface area contributed by atoms with E-state index >= 15 is 0 Å². The predicted octanol–water partition coefficient (Wildman–Crippen LogP) is 3.89. The number of amides is 1. The maximum absolute atomic E-state index is 11.9. The van der Waals surface area contributed by atoms with Crippen LogP contribution in [0.3, 0.4) is 0 Å². The number of hydrogen-bond acceptors (Lipinski definition) is 5. The topological polar surface area (TPSA) is 88.7 Å². The van der Waals surface area contributed by atoms with Crippen molar-refractivity contribution in [1.82, 2.24) is 9.88 Å². The van der Waals surface area contributed by atoms with E-state index in [-0.39, 0.29) is 19.1 Å². The molecule has 6 nitrogen and oxygen atoms in total. The van der Waals surface area contributed by atoms with Gasteiger partial charge in [-0.3, -0.25) is 4.79 Å². The van der Waals surface area contributed by atoms with Crippen LogP contribution in [0.2, 0.25) is 0 Å². The Bertz CT molecular complexity index is 762. The molecule has 1 aliphatic rings. The Morgan fingerprint density at radius 1 is 1.17 bits per heavy atom. The first-order valence-corrected chi connectivity index (χ1v) is 9.69. The second kappa shape index (κ2) is 12.7. The number of anilines is 1. The molecule has 1 aromatic carbocycles. The Morgan fingerprint density at radius 2 is 1.77 bits per heavy atom. The summed E-state index contributed by atoms with van der Waals surface area (Å²) in [5.74, 6) is 0.225. The molecule has 0 saturated carbocycles. The maximum atomic E-state index is 11.9. The highest BCUT2D eigenvalue weighted by Gasteiger charge is 2.33. The average Bonchev–Trinajstić information content (AvgIpc) is 3.29. The van der Waals surface area contributed by atoms with Crippen molar-refractivity contribution in [3.05, 3.63) is 53.7 Å². The minimum Gasteiger partial charge on any atom is -0.484 e. The maximum Gasteiger partial charge on any atom is 0.419 e. The van der Waals surface area contributed by atoms with Crippen molar-refractivity contribution in [3.63, 3.8) is 0 Å². The Hall–Kier alpha value is -2.81. The van der Waals surface area contributed by atoms with Gasteiger partial charge in [-0.15, -0.1) is 0 Å². The van der Waals surface area contributed by atoms with Crippen LogP contribution >= 0.6 is 0 Å². The lowest BCUT2D eigenvalue weighted by atomic mass is 10.2. The number of nitrogen functional groups attached to an aromatic ring is 1. The molecule has 0 bridgehead atoms. The lowest BCUT2D eigenvalue weighted by molar-refractivity contribution is -0.137. The first-order chi connectivity index (χ1) is 14.3. The third-order valence-corrected chi connectivity index (χ3v) is 4.07. The van der Waals surface area contributed by atoms with Crippen molar-refractivity contribution in [1.29, 1.82) is 0 Å². The number of ether oxygens (including phenoxy) is 1. The number of likely N-dealkylation sites (tertiary alicyclic amines) is 1. The highest BCUT2D eigenvalue weighted by Crippen LogP contribution is 2.31. The molecule has 0 spiro atoms. The molecule has 3 rings (SSSR count). The molecule has 2 heterocycles. The van der Waals surface area contributed by atoms with Crippen LogP contribution in [0.1, 0.15) is 37.8 Å². The molecule has 0 atom stereocenters. The summed E-state index contributed by atoms with van der Waals surface area (Å²) in [7, 11) is 0. The Labute approximate surface area is 174 Å². The number of aromatic nitrogens is 1. The summed E-state index contributed by atoms with van der Waals surface area (Å²) in [5.41, 5.74) is 4.92. The SMILES string of the molecule is CC.Nc1ncccc1C(F)(F)F.O=C(COc1ccc(CO)cc1)N1CCCC1. The van der Waals surface area contributed by atoms with Crippen LogP contribution in [0.25, 0.3) is 0 Å². The number of alkyl halides is 3. The number of carbonyl (C=O) groups is 1. The average molecular weight is 427 g/mol. The number of nitrogens with zero attached hydrogens (tertiary/aromatic N) is 2. The smallest absolute Gasteiger partial charge is 0.419 e. The van der Waals surface area contributed by atoms with Crippen LogP contribution in [-0.4, -0.2) is 40.6 Å². The summed E-state index contributed by atoms with van der Waals surface area (Å²) >= 11 is 0. The third kappa shape index (κ3) is 8.28. The number of nitrogens with two attached hydrogens (primary N) is 1. The quantitative estimate of drug-likeness (QED) is 0.773. The number of benzene rings is 1. The number of carbonyl (C=O) groups excluding carboxylic acids is 1. The summed E-state index contributed by atoms with van der Waals surface area (Å²) in [6.45, 7) is 5.82. The van der Waals surface area contributed by atoms with Gasteiger partial charge in [-0.2, -0.15) is 13.2 Å². The van der Waals surface area contributed by atoms with Crippen molar-refractivity contribution in [3.8, 4) is 5.75 Å². The van der Waals surface area contributed by atoms with Crippen LogP contribution in [0.15, 0.2) is 42.6 Å². The number of rotatable bonds is 4. The first-order valence-electron chi connectivity index (χ1n) is 9.69. The largest absolute Gasteiger partial charge is 0.484 e. The Kier molecular flexibility index (Phi) is 10.7. The van der Waals surface area contributed by atoms with Gasteiger partial charge in [0, 0.05) is 19.3 Å². The molecule has 1 amide bonds. The van der Waals surface area contributed by atoms with Gasteiger partial charge in [0.25, 0.3) is 5.91 Å². The van der Waals surface area contributed by atoms with E-state index in [1.54, 1.807) is 24.3 Å².